The summed E-state index contributed by atoms with van der Waals surface area (Å²) in [6.45, 7) is 10.5. The van der Waals surface area contributed by atoms with Gasteiger partial charge in [0.1, 0.15) is 0 Å². The average Bonchev–Trinajstić information content (AvgIpc) is 2.48. The maximum absolute atomic E-state index is 12.4. The van der Waals surface area contributed by atoms with Gasteiger partial charge in [-0.3, -0.25) is 4.79 Å². The number of carbonyl (C=O) groups excluding carboxylic acids is 1. The first kappa shape index (κ1) is 16.8. The molecular formula is C15H30N2OS. The lowest BCUT2D eigenvalue weighted by molar-refractivity contribution is -0.135. The summed E-state index contributed by atoms with van der Waals surface area (Å²) in [6, 6.07) is 0.248. The SMILES string of the molecule is CC(N)CCCC(C)C(=O)N1CCSC(C)(C)CC1. The molecule has 19 heavy (non-hydrogen) atoms. The highest BCUT2D eigenvalue weighted by molar-refractivity contribution is 8.00. The number of hydrogen-bond acceptors (Lipinski definition) is 3. The van der Waals surface area contributed by atoms with E-state index in [-0.39, 0.29) is 12.0 Å². The Labute approximate surface area is 122 Å². The lowest BCUT2D eigenvalue weighted by atomic mass is 10.0. The monoisotopic (exact) mass is 286 g/mol. The number of amides is 1. The smallest absolute Gasteiger partial charge is 0.225 e. The molecule has 1 heterocycles. The van der Waals surface area contributed by atoms with Crippen molar-refractivity contribution in [3.63, 3.8) is 0 Å². The van der Waals surface area contributed by atoms with Crippen molar-refractivity contribution in [1.82, 2.24) is 4.90 Å². The van der Waals surface area contributed by atoms with Crippen molar-refractivity contribution in [2.24, 2.45) is 11.7 Å². The van der Waals surface area contributed by atoms with E-state index >= 15 is 0 Å². The van der Waals surface area contributed by atoms with Gasteiger partial charge in [-0.15, -0.1) is 0 Å². The fraction of sp³-hybridized carbons (Fsp3) is 0.933. The molecule has 1 aliphatic rings. The van der Waals surface area contributed by atoms with Crippen LogP contribution in [0, 0.1) is 5.92 Å². The lowest BCUT2D eigenvalue weighted by Crippen LogP contribution is -2.37. The molecule has 0 aromatic heterocycles. The van der Waals surface area contributed by atoms with E-state index in [2.05, 4.69) is 25.7 Å². The van der Waals surface area contributed by atoms with Crippen LogP contribution in [-0.4, -0.2) is 40.4 Å². The van der Waals surface area contributed by atoms with Crippen LogP contribution in [0.15, 0.2) is 0 Å². The molecule has 1 fully saturated rings. The molecular weight excluding hydrogens is 256 g/mol. The molecule has 1 aliphatic heterocycles. The summed E-state index contributed by atoms with van der Waals surface area (Å²) in [5, 5.41) is 0. The summed E-state index contributed by atoms with van der Waals surface area (Å²) in [4.78, 5) is 14.5. The first-order valence-corrected chi connectivity index (χ1v) is 8.49. The fourth-order valence-electron chi connectivity index (χ4n) is 2.42. The van der Waals surface area contributed by atoms with E-state index in [0.717, 1.165) is 44.5 Å². The first-order chi connectivity index (χ1) is 8.82. The molecule has 3 nitrogen and oxygen atoms in total. The van der Waals surface area contributed by atoms with E-state index < -0.39 is 0 Å². The maximum atomic E-state index is 12.4. The Kier molecular flexibility index (Phi) is 6.67. The Morgan fingerprint density at radius 1 is 1.32 bits per heavy atom. The quantitative estimate of drug-likeness (QED) is 0.845. The van der Waals surface area contributed by atoms with Gasteiger partial charge >= 0.3 is 0 Å². The predicted molar refractivity (Wildman–Crippen MR) is 84.4 cm³/mol. The van der Waals surface area contributed by atoms with Crippen molar-refractivity contribution in [3.05, 3.63) is 0 Å². The summed E-state index contributed by atoms with van der Waals surface area (Å²) in [5.74, 6) is 1.54. The van der Waals surface area contributed by atoms with E-state index in [4.69, 9.17) is 5.73 Å². The van der Waals surface area contributed by atoms with Crippen molar-refractivity contribution in [3.8, 4) is 0 Å². The number of hydrogen-bond donors (Lipinski definition) is 1. The van der Waals surface area contributed by atoms with Crippen molar-refractivity contribution in [2.75, 3.05) is 18.8 Å². The normalized spacial score (nSPS) is 22.7. The maximum Gasteiger partial charge on any atom is 0.225 e. The molecule has 112 valence electrons. The van der Waals surface area contributed by atoms with Gasteiger partial charge in [0, 0.05) is 35.5 Å². The summed E-state index contributed by atoms with van der Waals surface area (Å²) in [5.41, 5.74) is 5.75. The second-order valence-corrected chi connectivity index (χ2v) is 8.29. The Hall–Kier alpha value is -0.220. The Morgan fingerprint density at radius 2 is 2.00 bits per heavy atom. The van der Waals surface area contributed by atoms with Gasteiger partial charge in [0.05, 0.1) is 0 Å². The molecule has 1 rings (SSSR count). The van der Waals surface area contributed by atoms with Crippen LogP contribution in [0.5, 0.6) is 0 Å². The number of nitrogens with two attached hydrogens (primary N) is 1. The second kappa shape index (κ2) is 7.53. The largest absolute Gasteiger partial charge is 0.342 e. The molecule has 1 amide bonds. The Balaban J connectivity index is 2.39. The van der Waals surface area contributed by atoms with Crippen LogP contribution in [0.1, 0.15) is 53.4 Å². The molecule has 2 atom stereocenters. The molecule has 2 unspecified atom stereocenters. The molecule has 0 aliphatic carbocycles. The van der Waals surface area contributed by atoms with Gasteiger partial charge in [-0.2, -0.15) is 11.8 Å². The zero-order chi connectivity index (χ0) is 14.5. The molecule has 0 spiro atoms. The van der Waals surface area contributed by atoms with Crippen LogP contribution in [0.4, 0.5) is 0 Å². The molecule has 0 radical (unpaired) electrons. The molecule has 4 heteroatoms. The van der Waals surface area contributed by atoms with Crippen LogP contribution in [-0.2, 0) is 4.79 Å². The van der Waals surface area contributed by atoms with Gasteiger partial charge in [0.2, 0.25) is 5.91 Å². The third-order valence-electron chi connectivity index (χ3n) is 3.87. The van der Waals surface area contributed by atoms with E-state index in [9.17, 15) is 4.79 Å². The summed E-state index contributed by atoms with van der Waals surface area (Å²) in [6.07, 6.45) is 4.13. The standard InChI is InChI=1S/C15H30N2OS/c1-12(6-5-7-13(2)16)14(18)17-9-8-15(3,4)19-11-10-17/h12-13H,5-11,16H2,1-4H3. The molecule has 2 N–H and O–H groups in total. The molecule has 0 saturated carbocycles. The lowest BCUT2D eigenvalue weighted by Gasteiger charge is -2.25. The van der Waals surface area contributed by atoms with Crippen LogP contribution in [0.3, 0.4) is 0 Å². The third kappa shape index (κ3) is 6.17. The molecule has 0 aromatic rings. The minimum absolute atomic E-state index is 0.143. The predicted octanol–water partition coefficient (Wildman–Crippen LogP) is 2.88. The summed E-state index contributed by atoms with van der Waals surface area (Å²) in [7, 11) is 0. The summed E-state index contributed by atoms with van der Waals surface area (Å²) >= 11 is 1.99. The highest BCUT2D eigenvalue weighted by Gasteiger charge is 2.27. The summed E-state index contributed by atoms with van der Waals surface area (Å²) < 4.78 is 0.313. The minimum Gasteiger partial charge on any atom is -0.342 e. The fourth-order valence-corrected chi connectivity index (χ4v) is 3.52. The van der Waals surface area contributed by atoms with Crippen LogP contribution in [0.2, 0.25) is 0 Å². The van der Waals surface area contributed by atoms with Gasteiger partial charge in [0.25, 0.3) is 0 Å². The van der Waals surface area contributed by atoms with Crippen LogP contribution in [0.25, 0.3) is 0 Å². The van der Waals surface area contributed by atoms with E-state index in [1.165, 1.54) is 0 Å². The highest BCUT2D eigenvalue weighted by Crippen LogP contribution is 2.31. The zero-order valence-electron chi connectivity index (χ0n) is 12.9. The molecule has 0 bridgehead atoms. The van der Waals surface area contributed by atoms with E-state index in [0.29, 0.717) is 10.7 Å². The minimum atomic E-state index is 0.143. The van der Waals surface area contributed by atoms with Gasteiger partial charge in [-0.1, -0.05) is 27.2 Å². The highest BCUT2D eigenvalue weighted by atomic mass is 32.2. The topological polar surface area (TPSA) is 46.3 Å². The van der Waals surface area contributed by atoms with E-state index in [1.807, 2.05) is 18.7 Å². The second-order valence-electron chi connectivity index (χ2n) is 6.49. The van der Waals surface area contributed by atoms with Gasteiger partial charge in [-0.25, -0.2) is 0 Å². The van der Waals surface area contributed by atoms with Crippen molar-refractivity contribution in [2.45, 2.75) is 64.2 Å². The Morgan fingerprint density at radius 3 is 2.63 bits per heavy atom. The van der Waals surface area contributed by atoms with Crippen LogP contribution < -0.4 is 5.73 Å². The number of thioether (sulfide) groups is 1. The van der Waals surface area contributed by atoms with Crippen molar-refractivity contribution in [1.29, 1.82) is 0 Å². The third-order valence-corrected chi connectivity index (χ3v) is 5.24. The van der Waals surface area contributed by atoms with Gasteiger partial charge < -0.3 is 10.6 Å². The molecule has 0 aromatic carbocycles. The Bertz CT molecular complexity index is 292. The van der Waals surface area contributed by atoms with E-state index in [1.54, 1.807) is 0 Å². The van der Waals surface area contributed by atoms with Crippen molar-refractivity contribution < 1.29 is 4.79 Å². The van der Waals surface area contributed by atoms with Crippen LogP contribution >= 0.6 is 11.8 Å². The first-order valence-electron chi connectivity index (χ1n) is 7.50. The number of rotatable bonds is 5. The van der Waals surface area contributed by atoms with Gasteiger partial charge in [0.15, 0.2) is 0 Å². The zero-order valence-corrected chi connectivity index (χ0v) is 13.8. The van der Waals surface area contributed by atoms with Gasteiger partial charge in [-0.05, 0) is 26.2 Å². The molecule has 1 saturated heterocycles. The number of carbonyl (C=O) groups is 1. The number of nitrogens with zero attached hydrogens (tertiary/aromatic N) is 1. The van der Waals surface area contributed by atoms with Crippen molar-refractivity contribution >= 4 is 17.7 Å². The average molecular weight is 286 g/mol.